The number of hydrogen-bond donors (Lipinski definition) is 1. The molecule has 6 heteroatoms. The molecule has 2 heterocycles. The summed E-state index contributed by atoms with van der Waals surface area (Å²) in [5, 5.41) is 0.439. The van der Waals surface area contributed by atoms with Crippen molar-refractivity contribution in [3.8, 4) is 0 Å². The van der Waals surface area contributed by atoms with Crippen LogP contribution in [-0.2, 0) is 25.9 Å². The molecule has 1 aliphatic carbocycles. The molecule has 1 aromatic carbocycles. The Morgan fingerprint density at radius 2 is 2.21 bits per heavy atom. The van der Waals surface area contributed by atoms with Gasteiger partial charge in [-0.3, -0.25) is 9.69 Å². The van der Waals surface area contributed by atoms with Gasteiger partial charge in [-0.25, -0.2) is 9.37 Å². The Hall–Kier alpha value is -1.72. The Kier molecular flexibility index (Phi) is 4.14. The maximum atomic E-state index is 14.0. The summed E-state index contributed by atoms with van der Waals surface area (Å²) in [7, 11) is 0. The zero-order chi connectivity index (χ0) is 16.7. The molecule has 1 fully saturated rings. The zero-order valence-electron chi connectivity index (χ0n) is 13.3. The van der Waals surface area contributed by atoms with E-state index in [1.807, 2.05) is 0 Å². The van der Waals surface area contributed by atoms with Crippen LogP contribution in [0.1, 0.15) is 35.5 Å². The molecule has 0 atom stereocenters. The summed E-state index contributed by atoms with van der Waals surface area (Å²) in [5.74, 6) is 1.16. The van der Waals surface area contributed by atoms with Crippen molar-refractivity contribution in [1.29, 1.82) is 0 Å². The maximum Gasteiger partial charge on any atom is 0.254 e. The van der Waals surface area contributed by atoms with Crippen molar-refractivity contribution in [2.24, 2.45) is 5.92 Å². The quantitative estimate of drug-likeness (QED) is 0.924. The van der Waals surface area contributed by atoms with Gasteiger partial charge in [0, 0.05) is 42.2 Å². The van der Waals surface area contributed by atoms with Crippen molar-refractivity contribution in [1.82, 2.24) is 14.9 Å². The van der Waals surface area contributed by atoms with Crippen LogP contribution in [0.2, 0.25) is 5.02 Å². The fourth-order valence-corrected chi connectivity index (χ4v) is 3.50. The van der Waals surface area contributed by atoms with Crippen molar-refractivity contribution in [3.63, 3.8) is 0 Å². The van der Waals surface area contributed by atoms with Crippen LogP contribution in [0.3, 0.4) is 0 Å². The summed E-state index contributed by atoms with van der Waals surface area (Å²) < 4.78 is 14.0. The van der Waals surface area contributed by atoms with Crippen LogP contribution >= 0.6 is 11.6 Å². The van der Waals surface area contributed by atoms with Crippen molar-refractivity contribution in [2.75, 3.05) is 6.54 Å². The number of halogens is 2. The monoisotopic (exact) mass is 347 g/mol. The molecule has 0 radical (unpaired) electrons. The zero-order valence-corrected chi connectivity index (χ0v) is 14.1. The number of rotatable bonds is 4. The lowest BCUT2D eigenvalue weighted by Crippen LogP contribution is -2.35. The molecular formula is C18H19ClFN3O. The first kappa shape index (κ1) is 15.8. The molecule has 24 heavy (non-hydrogen) atoms. The Balaban J connectivity index is 1.56. The van der Waals surface area contributed by atoms with Crippen LogP contribution in [0.25, 0.3) is 0 Å². The molecule has 126 valence electrons. The van der Waals surface area contributed by atoms with E-state index in [0.717, 1.165) is 23.5 Å². The van der Waals surface area contributed by atoms with E-state index in [-0.39, 0.29) is 11.4 Å². The van der Waals surface area contributed by atoms with Crippen LogP contribution in [-0.4, -0.2) is 21.4 Å². The van der Waals surface area contributed by atoms with E-state index in [2.05, 4.69) is 14.9 Å². The average molecular weight is 348 g/mol. The molecule has 1 aliphatic heterocycles. The predicted molar refractivity (Wildman–Crippen MR) is 90.5 cm³/mol. The minimum atomic E-state index is -0.290. The Morgan fingerprint density at radius 1 is 1.38 bits per heavy atom. The van der Waals surface area contributed by atoms with Gasteiger partial charge in [0.25, 0.3) is 5.56 Å². The molecular weight excluding hydrogens is 329 g/mol. The lowest BCUT2D eigenvalue weighted by molar-refractivity contribution is 0.237. The Labute approximate surface area is 144 Å². The molecule has 0 unspecified atom stereocenters. The van der Waals surface area contributed by atoms with E-state index >= 15 is 0 Å². The number of aromatic amines is 1. The van der Waals surface area contributed by atoms with Gasteiger partial charge in [0.05, 0.1) is 5.69 Å². The molecule has 0 spiro atoms. The normalized spacial score (nSPS) is 17.8. The van der Waals surface area contributed by atoms with Gasteiger partial charge in [-0.2, -0.15) is 0 Å². The highest BCUT2D eigenvalue weighted by molar-refractivity contribution is 6.31. The van der Waals surface area contributed by atoms with Crippen LogP contribution in [0.5, 0.6) is 0 Å². The highest BCUT2D eigenvalue weighted by atomic mass is 35.5. The van der Waals surface area contributed by atoms with Gasteiger partial charge in [-0.15, -0.1) is 0 Å². The van der Waals surface area contributed by atoms with E-state index in [1.54, 1.807) is 12.1 Å². The van der Waals surface area contributed by atoms with Crippen LogP contribution in [0.4, 0.5) is 4.39 Å². The summed E-state index contributed by atoms with van der Waals surface area (Å²) >= 11 is 6.13. The van der Waals surface area contributed by atoms with Crippen molar-refractivity contribution in [3.05, 3.63) is 62.0 Å². The molecule has 0 saturated heterocycles. The first-order chi connectivity index (χ1) is 11.6. The lowest BCUT2D eigenvalue weighted by atomic mass is 10.0. The third kappa shape index (κ3) is 3.23. The molecule has 0 bridgehead atoms. The topological polar surface area (TPSA) is 49.0 Å². The molecule has 0 amide bonds. The van der Waals surface area contributed by atoms with E-state index in [1.165, 1.54) is 18.9 Å². The molecule has 4 nitrogen and oxygen atoms in total. The Morgan fingerprint density at radius 3 is 2.96 bits per heavy atom. The van der Waals surface area contributed by atoms with Gasteiger partial charge >= 0.3 is 0 Å². The third-order valence-electron chi connectivity index (χ3n) is 4.82. The summed E-state index contributed by atoms with van der Waals surface area (Å²) in [5.41, 5.74) is 2.09. The molecule has 4 rings (SSSR count). The lowest BCUT2D eigenvalue weighted by Gasteiger charge is -2.28. The number of nitrogens with zero attached hydrogens (tertiary/aromatic N) is 2. The van der Waals surface area contributed by atoms with Crippen molar-refractivity contribution < 1.29 is 4.39 Å². The number of H-pyrrole nitrogens is 1. The smallest absolute Gasteiger partial charge is 0.254 e. The highest BCUT2D eigenvalue weighted by Gasteiger charge is 2.26. The second kappa shape index (κ2) is 6.30. The van der Waals surface area contributed by atoms with Crippen LogP contribution < -0.4 is 5.56 Å². The van der Waals surface area contributed by atoms with Crippen molar-refractivity contribution in [2.45, 2.75) is 38.8 Å². The fraction of sp³-hybridized carbons (Fsp3) is 0.444. The minimum absolute atomic E-state index is 0.0146. The second-order valence-corrected chi connectivity index (χ2v) is 7.15. The average Bonchev–Trinajstić information content (AvgIpc) is 3.35. The van der Waals surface area contributed by atoms with Crippen LogP contribution in [0.15, 0.2) is 23.0 Å². The third-order valence-corrected chi connectivity index (χ3v) is 5.18. The highest BCUT2D eigenvalue weighted by Crippen LogP contribution is 2.31. The molecule has 1 aromatic heterocycles. The van der Waals surface area contributed by atoms with E-state index < -0.39 is 0 Å². The van der Waals surface area contributed by atoms with E-state index in [9.17, 15) is 9.18 Å². The first-order valence-corrected chi connectivity index (χ1v) is 8.74. The number of fused-ring (bicyclic) bond motifs is 1. The van der Waals surface area contributed by atoms with Gasteiger partial charge < -0.3 is 4.98 Å². The largest absolute Gasteiger partial charge is 0.310 e. The van der Waals surface area contributed by atoms with Gasteiger partial charge in [0.15, 0.2) is 0 Å². The predicted octanol–water partition coefficient (Wildman–Crippen LogP) is 3.07. The van der Waals surface area contributed by atoms with Gasteiger partial charge in [-0.1, -0.05) is 17.7 Å². The fourth-order valence-electron chi connectivity index (χ4n) is 3.28. The standard InChI is InChI=1S/C18H19ClFN3O/c19-14-2-1-3-15(20)13(14)9-23-7-6-12-16(10-23)21-17(22-18(12)24)8-11-4-5-11/h1-3,11H,4-10H2,(H,21,22,24). The molecule has 2 aromatic rings. The number of benzene rings is 1. The summed E-state index contributed by atoms with van der Waals surface area (Å²) in [6, 6.07) is 4.74. The summed E-state index contributed by atoms with van der Waals surface area (Å²) in [6.45, 7) is 1.68. The van der Waals surface area contributed by atoms with Gasteiger partial charge in [0.2, 0.25) is 0 Å². The van der Waals surface area contributed by atoms with E-state index in [0.29, 0.717) is 42.6 Å². The number of nitrogens with one attached hydrogen (secondary N) is 1. The van der Waals surface area contributed by atoms with Crippen LogP contribution in [0, 0.1) is 11.7 Å². The molecule has 2 aliphatic rings. The van der Waals surface area contributed by atoms with Gasteiger partial charge in [0.1, 0.15) is 11.6 Å². The number of hydrogen-bond acceptors (Lipinski definition) is 3. The molecule has 1 saturated carbocycles. The first-order valence-electron chi connectivity index (χ1n) is 8.36. The SMILES string of the molecule is O=c1[nH]c(CC2CC2)nc2c1CCN(Cc1c(F)cccc1Cl)C2. The Bertz CT molecular complexity index is 811. The summed E-state index contributed by atoms with van der Waals surface area (Å²) in [6.07, 6.45) is 3.92. The summed E-state index contributed by atoms with van der Waals surface area (Å²) in [4.78, 5) is 22.0. The van der Waals surface area contributed by atoms with Crippen molar-refractivity contribution >= 4 is 11.6 Å². The number of aromatic nitrogens is 2. The second-order valence-electron chi connectivity index (χ2n) is 6.75. The van der Waals surface area contributed by atoms with Gasteiger partial charge in [-0.05, 0) is 37.3 Å². The maximum absolute atomic E-state index is 14.0. The van der Waals surface area contributed by atoms with E-state index in [4.69, 9.17) is 11.6 Å². The molecule has 1 N–H and O–H groups in total. The minimum Gasteiger partial charge on any atom is -0.310 e.